The number of ether oxygens (including phenoxy) is 3. The molecule has 11 nitrogen and oxygen atoms in total. The zero-order valence-electron chi connectivity index (χ0n) is 16.7. The van der Waals surface area contributed by atoms with Crippen LogP contribution < -0.4 is 14.4 Å². The van der Waals surface area contributed by atoms with Crippen LogP contribution in [0.5, 0.6) is 23.5 Å². The minimum atomic E-state index is -1.05. The molecule has 0 unspecified atom stereocenters. The summed E-state index contributed by atoms with van der Waals surface area (Å²) in [7, 11) is 0. The molecule has 1 saturated heterocycles. The highest BCUT2D eigenvalue weighted by Crippen LogP contribution is 2.26. The fourth-order valence-electron chi connectivity index (χ4n) is 2.87. The molecule has 0 bridgehead atoms. The van der Waals surface area contributed by atoms with Crippen molar-refractivity contribution in [3.8, 4) is 23.5 Å². The van der Waals surface area contributed by atoms with Crippen LogP contribution in [-0.2, 0) is 4.74 Å². The Bertz CT molecular complexity index is 1040. The predicted molar refractivity (Wildman–Crippen MR) is 110 cm³/mol. The summed E-state index contributed by atoms with van der Waals surface area (Å²) in [4.78, 5) is 36.8. The molecule has 0 radical (unpaired) electrons. The average molecular weight is 438 g/mol. The van der Waals surface area contributed by atoms with E-state index in [-0.39, 0.29) is 23.1 Å². The largest absolute Gasteiger partial charge is 0.478 e. The van der Waals surface area contributed by atoms with E-state index in [1.54, 1.807) is 0 Å². The molecule has 4 rings (SSSR count). The van der Waals surface area contributed by atoms with Gasteiger partial charge in [0, 0.05) is 13.1 Å². The molecule has 0 aliphatic carbocycles. The summed E-state index contributed by atoms with van der Waals surface area (Å²) >= 11 is 0. The average Bonchev–Trinajstić information content (AvgIpc) is 2.80. The second-order valence-corrected chi connectivity index (χ2v) is 6.66. The Balaban J connectivity index is 1.61. The maximum Gasteiger partial charge on any atom is 0.335 e. The Labute approximate surface area is 181 Å². The number of hydrogen-bond donors (Lipinski definition) is 2. The van der Waals surface area contributed by atoms with Crippen LogP contribution in [0.3, 0.4) is 0 Å². The first kappa shape index (κ1) is 21.0. The topological polar surface area (TPSA) is 144 Å². The van der Waals surface area contributed by atoms with E-state index in [0.717, 1.165) is 0 Å². The lowest BCUT2D eigenvalue weighted by molar-refractivity contribution is 0.0686. The number of hydrogen-bond acceptors (Lipinski definition) is 9. The number of rotatable bonds is 7. The molecular formula is C21H18N4O7. The highest BCUT2D eigenvalue weighted by atomic mass is 16.5. The van der Waals surface area contributed by atoms with Crippen LogP contribution in [0.15, 0.2) is 48.5 Å². The molecule has 0 amide bonds. The van der Waals surface area contributed by atoms with E-state index in [9.17, 15) is 9.59 Å². The molecule has 3 aromatic rings. The molecule has 164 valence electrons. The first-order chi connectivity index (χ1) is 15.5. The Kier molecular flexibility index (Phi) is 6.08. The molecule has 2 N–H and O–H groups in total. The van der Waals surface area contributed by atoms with Gasteiger partial charge in [-0.05, 0) is 48.5 Å². The number of benzene rings is 2. The van der Waals surface area contributed by atoms with E-state index in [4.69, 9.17) is 24.4 Å². The molecular weight excluding hydrogens is 420 g/mol. The van der Waals surface area contributed by atoms with Crippen molar-refractivity contribution in [3.63, 3.8) is 0 Å². The second kappa shape index (κ2) is 9.27. The maximum absolute atomic E-state index is 11.0. The maximum atomic E-state index is 11.0. The van der Waals surface area contributed by atoms with Gasteiger partial charge in [-0.1, -0.05) is 0 Å². The summed E-state index contributed by atoms with van der Waals surface area (Å²) in [5, 5.41) is 18.1. The number of aromatic carboxylic acids is 2. The number of morpholine rings is 1. The lowest BCUT2D eigenvalue weighted by Gasteiger charge is -2.26. The van der Waals surface area contributed by atoms with Crippen molar-refractivity contribution in [2.24, 2.45) is 0 Å². The van der Waals surface area contributed by atoms with Gasteiger partial charge in [-0.3, -0.25) is 0 Å². The first-order valence-electron chi connectivity index (χ1n) is 9.59. The summed E-state index contributed by atoms with van der Waals surface area (Å²) in [6.45, 7) is 2.18. The van der Waals surface area contributed by atoms with E-state index < -0.39 is 11.9 Å². The Hall–Kier alpha value is -4.25. The van der Waals surface area contributed by atoms with E-state index in [1.807, 2.05) is 4.90 Å². The molecule has 2 aromatic carbocycles. The fraction of sp³-hybridized carbons (Fsp3) is 0.190. The molecule has 1 fully saturated rings. The molecule has 11 heteroatoms. The summed E-state index contributed by atoms with van der Waals surface area (Å²) in [6.07, 6.45) is 0. The van der Waals surface area contributed by atoms with Crippen molar-refractivity contribution in [3.05, 3.63) is 59.7 Å². The van der Waals surface area contributed by atoms with Crippen molar-refractivity contribution in [2.75, 3.05) is 31.2 Å². The number of anilines is 1. The molecule has 0 atom stereocenters. The SMILES string of the molecule is O=C(O)c1ccc(Oc2nc(Oc3ccc(C(=O)O)cc3)nc(N3CCOCC3)n2)cc1. The van der Waals surface area contributed by atoms with Gasteiger partial charge in [0.05, 0.1) is 24.3 Å². The van der Waals surface area contributed by atoms with E-state index in [1.165, 1.54) is 48.5 Å². The van der Waals surface area contributed by atoms with Crippen LogP contribution in [-0.4, -0.2) is 63.4 Å². The molecule has 32 heavy (non-hydrogen) atoms. The monoisotopic (exact) mass is 438 g/mol. The molecule has 1 aliphatic rings. The van der Waals surface area contributed by atoms with Crippen molar-refractivity contribution in [1.82, 2.24) is 15.0 Å². The van der Waals surface area contributed by atoms with E-state index >= 15 is 0 Å². The minimum Gasteiger partial charge on any atom is -0.478 e. The summed E-state index contributed by atoms with van der Waals surface area (Å²) < 4.78 is 16.8. The fourth-order valence-corrected chi connectivity index (χ4v) is 2.87. The van der Waals surface area contributed by atoms with Crippen molar-refractivity contribution < 1.29 is 34.0 Å². The molecule has 1 aromatic heterocycles. The number of nitrogens with zero attached hydrogens (tertiary/aromatic N) is 4. The van der Waals surface area contributed by atoms with Gasteiger partial charge in [0.25, 0.3) is 0 Å². The zero-order valence-corrected chi connectivity index (χ0v) is 16.7. The number of carboxylic acids is 2. The third-order valence-corrected chi connectivity index (χ3v) is 4.50. The normalized spacial score (nSPS) is 13.4. The molecule has 0 saturated carbocycles. The molecule has 2 heterocycles. The van der Waals surface area contributed by atoms with E-state index in [2.05, 4.69) is 15.0 Å². The second-order valence-electron chi connectivity index (χ2n) is 6.66. The zero-order chi connectivity index (χ0) is 22.5. The van der Waals surface area contributed by atoms with Gasteiger partial charge in [-0.15, -0.1) is 4.98 Å². The standard InChI is InChI=1S/C21H18N4O7/c26-17(27)13-1-5-15(6-2-13)31-20-22-19(25-9-11-30-12-10-25)23-21(24-20)32-16-7-3-14(4-8-16)18(28)29/h1-8H,9-12H2,(H,26,27)(H,28,29). The number of carbonyl (C=O) groups is 2. The van der Waals surface area contributed by atoms with Crippen molar-refractivity contribution in [1.29, 1.82) is 0 Å². The highest BCUT2D eigenvalue weighted by molar-refractivity contribution is 5.88. The first-order valence-corrected chi connectivity index (χ1v) is 9.59. The van der Waals surface area contributed by atoms with Crippen molar-refractivity contribution >= 4 is 17.9 Å². The summed E-state index contributed by atoms with van der Waals surface area (Å²) in [5.41, 5.74) is 0.242. The van der Waals surface area contributed by atoms with Gasteiger partial charge in [0.1, 0.15) is 11.5 Å². The van der Waals surface area contributed by atoms with Crippen LogP contribution in [0.1, 0.15) is 20.7 Å². The van der Waals surface area contributed by atoms with Crippen LogP contribution in [0.2, 0.25) is 0 Å². The third-order valence-electron chi connectivity index (χ3n) is 4.50. The minimum absolute atomic E-state index is 0.0401. The molecule has 0 spiro atoms. The van der Waals surface area contributed by atoms with Crippen LogP contribution in [0.4, 0.5) is 5.95 Å². The van der Waals surface area contributed by atoms with Gasteiger partial charge >= 0.3 is 24.0 Å². The smallest absolute Gasteiger partial charge is 0.335 e. The summed E-state index contributed by atoms with van der Waals surface area (Å²) in [6, 6.07) is 11.5. The van der Waals surface area contributed by atoms with Gasteiger partial charge in [-0.2, -0.15) is 9.97 Å². The lowest BCUT2D eigenvalue weighted by Crippen LogP contribution is -2.37. The number of carboxylic acid groups (broad SMARTS) is 2. The quantitative estimate of drug-likeness (QED) is 0.561. The van der Waals surface area contributed by atoms with E-state index in [0.29, 0.717) is 43.8 Å². The highest BCUT2D eigenvalue weighted by Gasteiger charge is 2.19. The van der Waals surface area contributed by atoms with Gasteiger partial charge < -0.3 is 29.3 Å². The van der Waals surface area contributed by atoms with Crippen molar-refractivity contribution in [2.45, 2.75) is 0 Å². The van der Waals surface area contributed by atoms with Gasteiger partial charge in [-0.25, -0.2) is 9.59 Å². The number of aromatic nitrogens is 3. The summed E-state index contributed by atoms with van der Waals surface area (Å²) in [5.74, 6) is -1.08. The third kappa shape index (κ3) is 5.08. The van der Waals surface area contributed by atoms with Crippen LogP contribution in [0, 0.1) is 0 Å². The van der Waals surface area contributed by atoms with Gasteiger partial charge in [0.15, 0.2) is 0 Å². The van der Waals surface area contributed by atoms with Crippen LogP contribution >= 0.6 is 0 Å². The predicted octanol–water partition coefficient (Wildman–Crippen LogP) is 2.69. The Morgan fingerprint density at radius 1 is 0.750 bits per heavy atom. The Morgan fingerprint density at radius 2 is 1.19 bits per heavy atom. The molecule has 1 aliphatic heterocycles. The van der Waals surface area contributed by atoms with Gasteiger partial charge in [0.2, 0.25) is 5.95 Å². The Morgan fingerprint density at radius 3 is 1.59 bits per heavy atom. The lowest BCUT2D eigenvalue weighted by atomic mass is 10.2. The van der Waals surface area contributed by atoms with Crippen LogP contribution in [0.25, 0.3) is 0 Å².